The van der Waals surface area contributed by atoms with Crippen molar-refractivity contribution in [1.29, 1.82) is 0 Å². The molecule has 1 N–H and O–H groups in total. The highest BCUT2D eigenvalue weighted by molar-refractivity contribution is 6.19. The van der Waals surface area contributed by atoms with Crippen molar-refractivity contribution in [2.45, 2.75) is 0 Å². The lowest BCUT2D eigenvalue weighted by atomic mass is 10.4. The predicted octanol–water partition coefficient (Wildman–Crippen LogP) is 0.272. The van der Waals surface area contributed by atoms with E-state index in [-0.39, 0.29) is 0 Å². The molecule has 0 radical (unpaired) electrons. The Morgan fingerprint density at radius 2 is 1.59 bits per heavy atom. The number of aliphatic carboxylic acids is 1. The summed E-state index contributed by atoms with van der Waals surface area (Å²) in [7, 11) is 0. The van der Waals surface area contributed by atoms with Crippen molar-refractivity contribution in [3.63, 3.8) is 0 Å². The fourth-order valence-electron chi connectivity index (χ4n) is 1.10. The van der Waals surface area contributed by atoms with Crippen LogP contribution in [0.3, 0.4) is 0 Å². The summed E-state index contributed by atoms with van der Waals surface area (Å²) in [4.78, 5) is 38.2. The number of carboxylic acid groups (broad SMARTS) is 1. The van der Waals surface area contributed by atoms with Gasteiger partial charge in [0.25, 0.3) is 11.8 Å². The fourth-order valence-corrected chi connectivity index (χ4v) is 1.10. The minimum Gasteiger partial charge on any atom is -0.480 e. The molecule has 1 aliphatic heterocycles. The molecule has 2 amide bonds. The van der Waals surface area contributed by atoms with Crippen molar-refractivity contribution < 1.29 is 19.5 Å². The Labute approximate surface area is 92.2 Å². The summed E-state index contributed by atoms with van der Waals surface area (Å²) in [6.45, 7) is -0.910. The van der Waals surface area contributed by atoms with Gasteiger partial charge in [-0.15, -0.1) is 0 Å². The summed E-state index contributed by atoms with van der Waals surface area (Å²) in [5.41, 5.74) is 14.9. The number of nitrogens with zero attached hydrogens (tertiary/aromatic N) is 7. The lowest BCUT2D eigenvalue weighted by molar-refractivity contribution is -0.148. The van der Waals surface area contributed by atoms with Gasteiger partial charge in [0.2, 0.25) is 0 Å². The Balaban J connectivity index is 3.25. The standard InChI is InChI=1S/C6H3N7O4/c7-11-9-3-4(10-12-8)6(17)13(5(3)16)1-2(14)15/h1H2,(H,14,15). The van der Waals surface area contributed by atoms with Gasteiger partial charge in [0.15, 0.2) is 0 Å². The van der Waals surface area contributed by atoms with Gasteiger partial charge in [-0.3, -0.25) is 19.3 Å². The molecule has 0 unspecified atom stereocenters. The number of amides is 2. The molecular weight excluding hydrogens is 234 g/mol. The van der Waals surface area contributed by atoms with Gasteiger partial charge in [0.1, 0.15) is 17.9 Å². The lowest BCUT2D eigenvalue weighted by Crippen LogP contribution is -2.36. The van der Waals surface area contributed by atoms with Gasteiger partial charge < -0.3 is 5.11 Å². The fraction of sp³-hybridized carbons (Fsp3) is 0.167. The third-order valence-corrected chi connectivity index (χ3v) is 1.70. The van der Waals surface area contributed by atoms with Crippen LogP contribution in [0, 0.1) is 0 Å². The number of carbonyl (C=O) groups excluding carboxylic acids is 2. The van der Waals surface area contributed by atoms with E-state index in [9.17, 15) is 14.4 Å². The van der Waals surface area contributed by atoms with Gasteiger partial charge in [-0.05, 0) is 11.1 Å². The van der Waals surface area contributed by atoms with Gasteiger partial charge in [0.05, 0.1) is 0 Å². The van der Waals surface area contributed by atoms with Gasteiger partial charge in [-0.1, -0.05) is 10.2 Å². The Morgan fingerprint density at radius 3 is 1.88 bits per heavy atom. The molecule has 0 fully saturated rings. The van der Waals surface area contributed by atoms with Crippen LogP contribution in [-0.2, 0) is 14.4 Å². The van der Waals surface area contributed by atoms with Crippen LogP contribution >= 0.6 is 0 Å². The molecule has 1 aliphatic rings. The maximum absolute atomic E-state index is 11.5. The molecule has 11 nitrogen and oxygen atoms in total. The molecular formula is C6H3N7O4. The maximum atomic E-state index is 11.5. The molecule has 0 aromatic carbocycles. The van der Waals surface area contributed by atoms with E-state index in [1.54, 1.807) is 0 Å². The zero-order valence-electron chi connectivity index (χ0n) is 8.01. The number of hydrogen-bond acceptors (Lipinski definition) is 5. The van der Waals surface area contributed by atoms with Crippen LogP contribution in [0.25, 0.3) is 20.9 Å². The molecule has 17 heavy (non-hydrogen) atoms. The van der Waals surface area contributed by atoms with E-state index < -0.39 is 35.7 Å². The van der Waals surface area contributed by atoms with E-state index in [1.807, 2.05) is 0 Å². The van der Waals surface area contributed by atoms with Crippen molar-refractivity contribution in [1.82, 2.24) is 4.90 Å². The summed E-state index contributed by atoms with van der Waals surface area (Å²) in [6.07, 6.45) is 0. The zero-order chi connectivity index (χ0) is 13.0. The van der Waals surface area contributed by atoms with E-state index in [4.69, 9.17) is 16.2 Å². The quantitative estimate of drug-likeness (QED) is 0.320. The summed E-state index contributed by atoms with van der Waals surface area (Å²) in [5.74, 6) is -3.66. The first-order valence-corrected chi connectivity index (χ1v) is 3.95. The molecule has 0 saturated heterocycles. The highest BCUT2D eigenvalue weighted by atomic mass is 16.4. The average molecular weight is 237 g/mol. The molecule has 0 aromatic heterocycles. The van der Waals surface area contributed by atoms with Crippen LogP contribution in [0.5, 0.6) is 0 Å². The van der Waals surface area contributed by atoms with Crippen LogP contribution in [0.2, 0.25) is 0 Å². The smallest absolute Gasteiger partial charge is 0.323 e. The molecule has 1 heterocycles. The molecule has 0 bridgehead atoms. The first kappa shape index (κ1) is 12.0. The van der Waals surface area contributed by atoms with E-state index in [0.29, 0.717) is 4.90 Å². The van der Waals surface area contributed by atoms with E-state index in [0.717, 1.165) is 0 Å². The number of imide groups is 1. The highest BCUT2D eigenvalue weighted by Gasteiger charge is 2.38. The van der Waals surface area contributed by atoms with Crippen LogP contribution in [-0.4, -0.2) is 34.3 Å². The molecule has 86 valence electrons. The number of carbonyl (C=O) groups is 3. The second-order valence-corrected chi connectivity index (χ2v) is 2.67. The number of hydrogen-bond donors (Lipinski definition) is 1. The van der Waals surface area contributed by atoms with Crippen LogP contribution in [0.15, 0.2) is 21.6 Å². The lowest BCUT2D eigenvalue weighted by Gasteiger charge is -2.10. The van der Waals surface area contributed by atoms with Crippen molar-refractivity contribution >= 4 is 17.8 Å². The number of carboxylic acids is 1. The monoisotopic (exact) mass is 237 g/mol. The third kappa shape index (κ3) is 2.15. The van der Waals surface area contributed by atoms with Crippen LogP contribution in [0.4, 0.5) is 0 Å². The normalized spacial score (nSPS) is 14.5. The first-order chi connectivity index (χ1) is 8.02. The average Bonchev–Trinajstić information content (AvgIpc) is 2.46. The summed E-state index contributed by atoms with van der Waals surface area (Å²) < 4.78 is 0. The SMILES string of the molecule is [N-]=[N+]=NC1=C(N=[N+]=[N-])C(=O)N(CC(=O)O)C1=O. The van der Waals surface area contributed by atoms with Crippen LogP contribution < -0.4 is 0 Å². The van der Waals surface area contributed by atoms with E-state index in [1.165, 1.54) is 0 Å². The molecule has 1 rings (SSSR count). The van der Waals surface area contributed by atoms with Gasteiger partial charge in [-0.2, -0.15) is 0 Å². The Hall–Kier alpha value is -3.03. The Kier molecular flexibility index (Phi) is 3.30. The molecule has 0 aromatic rings. The third-order valence-electron chi connectivity index (χ3n) is 1.70. The van der Waals surface area contributed by atoms with Gasteiger partial charge in [-0.25, -0.2) is 0 Å². The van der Waals surface area contributed by atoms with Crippen molar-refractivity contribution in [3.05, 3.63) is 32.3 Å². The van der Waals surface area contributed by atoms with E-state index >= 15 is 0 Å². The topological polar surface area (TPSA) is 172 Å². The van der Waals surface area contributed by atoms with Crippen molar-refractivity contribution in [3.8, 4) is 0 Å². The summed E-state index contributed by atoms with van der Waals surface area (Å²) in [5, 5.41) is 14.3. The second kappa shape index (κ2) is 4.66. The second-order valence-electron chi connectivity index (χ2n) is 2.67. The molecule has 0 aliphatic carbocycles. The molecule has 11 heteroatoms. The largest absolute Gasteiger partial charge is 0.480 e. The molecule has 0 spiro atoms. The Morgan fingerprint density at radius 1 is 1.18 bits per heavy atom. The first-order valence-electron chi connectivity index (χ1n) is 3.95. The minimum absolute atomic E-state index is 0.302. The van der Waals surface area contributed by atoms with Crippen LogP contribution in [0.1, 0.15) is 0 Å². The van der Waals surface area contributed by atoms with Gasteiger partial charge >= 0.3 is 5.97 Å². The predicted molar refractivity (Wildman–Crippen MR) is 49.7 cm³/mol. The summed E-state index contributed by atoms with van der Waals surface area (Å²) >= 11 is 0. The maximum Gasteiger partial charge on any atom is 0.323 e. The Bertz CT molecular complexity index is 497. The zero-order valence-corrected chi connectivity index (χ0v) is 8.01. The van der Waals surface area contributed by atoms with Crippen molar-refractivity contribution in [2.75, 3.05) is 6.54 Å². The molecule has 0 saturated carbocycles. The van der Waals surface area contributed by atoms with E-state index in [2.05, 4.69) is 20.1 Å². The number of rotatable bonds is 4. The highest BCUT2D eigenvalue weighted by Crippen LogP contribution is 2.22. The number of azide groups is 2. The minimum atomic E-state index is -1.44. The van der Waals surface area contributed by atoms with Gasteiger partial charge in [0, 0.05) is 9.82 Å². The summed E-state index contributed by atoms with van der Waals surface area (Å²) in [6, 6.07) is 0. The van der Waals surface area contributed by atoms with Crippen molar-refractivity contribution in [2.24, 2.45) is 10.2 Å². The molecule has 0 atom stereocenters.